The second-order valence-corrected chi connectivity index (χ2v) is 12.4. The predicted octanol–water partition coefficient (Wildman–Crippen LogP) is 10.8. The zero-order valence-electron chi connectivity index (χ0n) is 25.7. The maximum absolute atomic E-state index is 4.75. The number of aromatic nitrogens is 2. The van der Waals surface area contributed by atoms with Crippen LogP contribution in [0.2, 0.25) is 0 Å². The molecule has 3 heterocycles. The van der Waals surface area contributed by atoms with Crippen molar-refractivity contribution in [1.82, 2.24) is 14.9 Å². The average Bonchev–Trinajstić information content (AvgIpc) is 3.47. The Morgan fingerprint density at radius 2 is 1.57 bits per heavy atom. The van der Waals surface area contributed by atoms with Gasteiger partial charge < -0.3 is 9.88 Å². The Kier molecular flexibility index (Phi) is 6.24. The van der Waals surface area contributed by atoms with Crippen LogP contribution < -0.4 is 5.32 Å². The lowest BCUT2D eigenvalue weighted by atomic mass is 9.81. The number of nitrogens with one attached hydrogen (secondary N) is 1. The summed E-state index contributed by atoms with van der Waals surface area (Å²) in [6.07, 6.45) is 18.6. The standard InChI is InChI=1S/C43H33N3/c1-28-12-10-19-36-42-39(20-11-25-44-42)46(43(28)36)32-22-24-38(45-27-32)31-21-23-35-37(26-31)41(30-15-6-3-7-16-30)34-18-9-8-17-33(34)40(35)29-13-4-2-5-14-29/h2-15,17-27,30,38,45H,16H2,1H3. The molecule has 2 atom stereocenters. The molecule has 0 amide bonds. The predicted molar refractivity (Wildman–Crippen MR) is 194 cm³/mol. The van der Waals surface area contributed by atoms with E-state index in [1.54, 1.807) is 0 Å². The molecule has 3 heteroatoms. The molecule has 0 radical (unpaired) electrons. The summed E-state index contributed by atoms with van der Waals surface area (Å²) < 4.78 is 2.34. The summed E-state index contributed by atoms with van der Waals surface area (Å²) in [6, 6.07) is 37.6. The molecule has 0 saturated carbocycles. The molecule has 46 heavy (non-hydrogen) atoms. The first-order valence-corrected chi connectivity index (χ1v) is 16.1. The third-order valence-electron chi connectivity index (χ3n) is 9.73. The van der Waals surface area contributed by atoms with E-state index in [-0.39, 0.29) is 6.04 Å². The van der Waals surface area contributed by atoms with E-state index in [1.807, 2.05) is 12.3 Å². The maximum Gasteiger partial charge on any atom is 0.0963 e. The van der Waals surface area contributed by atoms with Crippen LogP contribution in [0.15, 0.2) is 152 Å². The molecule has 1 aliphatic carbocycles. The van der Waals surface area contributed by atoms with Crippen LogP contribution in [0.1, 0.15) is 35.1 Å². The second-order valence-electron chi connectivity index (χ2n) is 12.4. The fourth-order valence-corrected chi connectivity index (χ4v) is 7.67. The summed E-state index contributed by atoms with van der Waals surface area (Å²) >= 11 is 0. The van der Waals surface area contributed by atoms with E-state index < -0.39 is 0 Å². The van der Waals surface area contributed by atoms with Crippen LogP contribution in [0, 0.1) is 6.92 Å². The van der Waals surface area contributed by atoms with Crippen LogP contribution in [0.5, 0.6) is 0 Å². The van der Waals surface area contributed by atoms with Crippen LogP contribution in [-0.2, 0) is 0 Å². The highest BCUT2D eigenvalue weighted by Crippen LogP contribution is 2.44. The van der Waals surface area contributed by atoms with E-state index in [1.165, 1.54) is 60.3 Å². The Bertz CT molecular complexity index is 2440. The first kappa shape index (κ1) is 26.7. The topological polar surface area (TPSA) is 29.9 Å². The number of para-hydroxylation sites is 1. The summed E-state index contributed by atoms with van der Waals surface area (Å²) in [5.74, 6) is 0.325. The van der Waals surface area contributed by atoms with Gasteiger partial charge in [-0.3, -0.25) is 4.98 Å². The quantitative estimate of drug-likeness (QED) is 0.206. The number of pyridine rings is 1. The minimum absolute atomic E-state index is 0.0572. The van der Waals surface area contributed by atoms with E-state index in [0.29, 0.717) is 5.92 Å². The van der Waals surface area contributed by atoms with Crippen molar-refractivity contribution in [2.45, 2.75) is 25.3 Å². The zero-order valence-corrected chi connectivity index (χ0v) is 25.7. The average molecular weight is 592 g/mol. The van der Waals surface area contributed by atoms with Gasteiger partial charge in [-0.25, -0.2) is 0 Å². The third kappa shape index (κ3) is 4.16. The Morgan fingerprint density at radius 1 is 0.739 bits per heavy atom. The van der Waals surface area contributed by atoms with E-state index in [0.717, 1.165) is 23.2 Å². The highest BCUT2D eigenvalue weighted by atomic mass is 15.0. The number of allylic oxidation sites excluding steroid dienone is 6. The molecular weight excluding hydrogens is 558 g/mol. The molecule has 0 spiro atoms. The SMILES string of the molecule is Cc1cccc2c3ncccc3n(C3=CNC(c4ccc5c(-c6ccccc6)c6ccccc6c(C6C=CC=CC6)c5c4)C=C3)c12. The molecule has 5 aromatic carbocycles. The summed E-state index contributed by atoms with van der Waals surface area (Å²) in [7, 11) is 0. The second kappa shape index (κ2) is 10.7. The van der Waals surface area contributed by atoms with Crippen LogP contribution in [0.25, 0.3) is 60.3 Å². The van der Waals surface area contributed by atoms with Crippen molar-refractivity contribution in [1.29, 1.82) is 0 Å². The fourth-order valence-electron chi connectivity index (χ4n) is 7.67. The number of fused-ring (bicyclic) bond motifs is 5. The van der Waals surface area contributed by atoms with Crippen LogP contribution in [0.4, 0.5) is 0 Å². The van der Waals surface area contributed by atoms with Gasteiger partial charge in [-0.1, -0.05) is 115 Å². The van der Waals surface area contributed by atoms with Crippen molar-refractivity contribution in [2.24, 2.45) is 0 Å². The molecule has 9 rings (SSSR count). The molecule has 2 unspecified atom stereocenters. The lowest BCUT2D eigenvalue weighted by molar-refractivity contribution is 0.745. The number of benzene rings is 5. The first-order chi connectivity index (χ1) is 22.8. The van der Waals surface area contributed by atoms with Gasteiger partial charge >= 0.3 is 0 Å². The Hall–Kier alpha value is -5.67. The zero-order chi connectivity index (χ0) is 30.6. The monoisotopic (exact) mass is 591 g/mol. The molecule has 7 aromatic rings. The molecule has 0 fully saturated rings. The van der Waals surface area contributed by atoms with Gasteiger partial charge in [0, 0.05) is 23.7 Å². The van der Waals surface area contributed by atoms with Crippen molar-refractivity contribution in [2.75, 3.05) is 0 Å². The number of hydrogen-bond acceptors (Lipinski definition) is 2. The van der Waals surface area contributed by atoms with E-state index in [4.69, 9.17) is 4.98 Å². The summed E-state index contributed by atoms with van der Waals surface area (Å²) in [5, 5.41) is 10.2. The molecule has 2 aromatic heterocycles. The Balaban J connectivity index is 1.19. The number of hydrogen-bond donors (Lipinski definition) is 1. The number of rotatable bonds is 4. The highest BCUT2D eigenvalue weighted by Gasteiger charge is 2.23. The lowest BCUT2D eigenvalue weighted by Crippen LogP contribution is -2.18. The van der Waals surface area contributed by atoms with Crippen molar-refractivity contribution in [3.8, 4) is 11.1 Å². The molecule has 0 bridgehead atoms. The van der Waals surface area contributed by atoms with Gasteiger partial charge in [0.15, 0.2) is 0 Å². The first-order valence-electron chi connectivity index (χ1n) is 16.1. The lowest BCUT2D eigenvalue weighted by Gasteiger charge is -2.25. The fraction of sp³-hybridized carbons (Fsp3) is 0.0930. The molecular formula is C43H33N3. The van der Waals surface area contributed by atoms with Crippen molar-refractivity contribution in [3.63, 3.8) is 0 Å². The van der Waals surface area contributed by atoms with Crippen LogP contribution >= 0.6 is 0 Å². The van der Waals surface area contributed by atoms with E-state index in [9.17, 15) is 0 Å². The van der Waals surface area contributed by atoms with Crippen molar-refractivity contribution in [3.05, 3.63) is 169 Å². The smallest absolute Gasteiger partial charge is 0.0963 e. The van der Waals surface area contributed by atoms with E-state index >= 15 is 0 Å². The van der Waals surface area contributed by atoms with Gasteiger partial charge in [0.05, 0.1) is 28.3 Å². The molecule has 1 N–H and O–H groups in total. The van der Waals surface area contributed by atoms with Gasteiger partial charge in [-0.15, -0.1) is 0 Å². The van der Waals surface area contributed by atoms with Gasteiger partial charge in [0.1, 0.15) is 0 Å². The van der Waals surface area contributed by atoms with Gasteiger partial charge in [-0.2, -0.15) is 0 Å². The van der Waals surface area contributed by atoms with Gasteiger partial charge in [-0.05, 0) is 87.0 Å². The number of dihydropyridines is 1. The summed E-state index contributed by atoms with van der Waals surface area (Å²) in [4.78, 5) is 4.75. The van der Waals surface area contributed by atoms with Crippen molar-refractivity contribution >= 4 is 49.2 Å². The minimum atomic E-state index is 0.0572. The molecule has 0 saturated heterocycles. The minimum Gasteiger partial charge on any atom is -0.379 e. The summed E-state index contributed by atoms with van der Waals surface area (Å²) in [5.41, 5.74) is 10.9. The third-order valence-corrected chi connectivity index (χ3v) is 9.73. The van der Waals surface area contributed by atoms with Crippen LogP contribution in [-0.4, -0.2) is 9.55 Å². The highest BCUT2D eigenvalue weighted by molar-refractivity contribution is 6.15. The van der Waals surface area contributed by atoms with Crippen molar-refractivity contribution < 1.29 is 0 Å². The Morgan fingerprint density at radius 3 is 2.39 bits per heavy atom. The molecule has 2 aliphatic rings. The van der Waals surface area contributed by atoms with Gasteiger partial charge in [0.2, 0.25) is 0 Å². The largest absolute Gasteiger partial charge is 0.379 e. The number of aryl methyl sites for hydroxylation is 1. The Labute approximate surface area is 268 Å². The number of nitrogens with zero attached hydrogens (tertiary/aromatic N) is 2. The normalized spacial score (nSPS) is 17.6. The molecule has 220 valence electrons. The van der Waals surface area contributed by atoms with Crippen LogP contribution in [0.3, 0.4) is 0 Å². The van der Waals surface area contributed by atoms with E-state index in [2.05, 4.69) is 157 Å². The van der Waals surface area contributed by atoms with Gasteiger partial charge in [0.25, 0.3) is 0 Å². The molecule has 1 aliphatic heterocycles. The maximum atomic E-state index is 4.75. The summed E-state index contributed by atoms with van der Waals surface area (Å²) in [6.45, 7) is 2.18. The molecule has 3 nitrogen and oxygen atoms in total.